The second-order valence-corrected chi connectivity index (χ2v) is 10.3. The predicted molar refractivity (Wildman–Crippen MR) is 82.4 cm³/mol. The third kappa shape index (κ3) is 2.78. The molecule has 0 amide bonds. The lowest BCUT2D eigenvalue weighted by Gasteiger charge is -2.33. The highest BCUT2D eigenvalue weighted by atomic mass is 32.2. The third-order valence-corrected chi connectivity index (χ3v) is 9.45. The molecule has 2 fully saturated rings. The molecule has 1 unspecified atom stereocenters. The van der Waals surface area contributed by atoms with E-state index in [9.17, 15) is 13.0 Å². The van der Waals surface area contributed by atoms with Crippen LogP contribution in [0.5, 0.6) is 0 Å². The molecule has 112 valence electrons. The van der Waals surface area contributed by atoms with Crippen LogP contribution < -0.4 is 0 Å². The van der Waals surface area contributed by atoms with Crippen molar-refractivity contribution in [3.8, 4) is 0 Å². The molecule has 0 bridgehead atoms. The fourth-order valence-corrected chi connectivity index (χ4v) is 8.74. The molecule has 1 aromatic heterocycles. The zero-order valence-electron chi connectivity index (χ0n) is 11.2. The first-order valence-corrected chi connectivity index (χ1v) is 10.9. The fraction of sp³-hybridized carbons (Fsp3) is 0.692. The van der Waals surface area contributed by atoms with Crippen molar-refractivity contribution in [2.45, 2.75) is 34.8 Å². The highest BCUT2D eigenvalue weighted by molar-refractivity contribution is 7.97. The van der Waals surface area contributed by atoms with E-state index in [1.165, 1.54) is 17.8 Å². The normalized spacial score (nSPS) is 32.5. The summed E-state index contributed by atoms with van der Waals surface area (Å²) < 4.78 is 37.9. The maximum absolute atomic E-state index is 12.7. The number of sulfone groups is 1. The maximum atomic E-state index is 12.7. The first-order valence-electron chi connectivity index (χ1n) is 6.95. The van der Waals surface area contributed by atoms with Crippen LogP contribution in [-0.2, 0) is 21.0 Å². The summed E-state index contributed by atoms with van der Waals surface area (Å²) >= 11 is 0.252. The summed E-state index contributed by atoms with van der Waals surface area (Å²) in [6.45, 7) is 1.89. The van der Waals surface area contributed by atoms with Crippen LogP contribution in [0.25, 0.3) is 0 Å². The van der Waals surface area contributed by atoms with Gasteiger partial charge in [-0.3, -0.25) is 4.90 Å². The summed E-state index contributed by atoms with van der Waals surface area (Å²) in [5.41, 5.74) is 0. The lowest BCUT2D eigenvalue weighted by molar-refractivity contribution is 0.178. The largest absolute Gasteiger partial charge is 0.616 e. The van der Waals surface area contributed by atoms with Crippen LogP contribution in [0.15, 0.2) is 21.7 Å². The van der Waals surface area contributed by atoms with E-state index in [1.807, 2.05) is 0 Å². The molecular weight excluding hydrogens is 314 g/mol. The van der Waals surface area contributed by atoms with Gasteiger partial charge in [-0.2, -0.15) is 0 Å². The predicted octanol–water partition coefficient (Wildman–Crippen LogP) is 1.51. The summed E-state index contributed by atoms with van der Waals surface area (Å²) in [7, 11) is -3.34. The quantitative estimate of drug-likeness (QED) is 0.787. The van der Waals surface area contributed by atoms with Crippen molar-refractivity contribution in [1.82, 2.24) is 4.90 Å². The second kappa shape index (κ2) is 5.96. The van der Waals surface area contributed by atoms with Crippen molar-refractivity contribution in [1.29, 1.82) is 0 Å². The molecule has 0 spiro atoms. The molecule has 20 heavy (non-hydrogen) atoms. The molecule has 0 saturated carbocycles. The van der Waals surface area contributed by atoms with E-state index in [2.05, 4.69) is 4.90 Å². The molecular formula is C13H19NO3S3. The molecule has 2 aliphatic rings. The monoisotopic (exact) mass is 333 g/mol. The number of likely N-dealkylation sites (tertiary alicyclic amines) is 1. The first-order chi connectivity index (χ1) is 9.59. The SMILES string of the molecule is O=S(=O)(c1cccs1)[C@H]1C[S+]([O-])C[C@@H]1N1CCCCC1. The van der Waals surface area contributed by atoms with Crippen molar-refractivity contribution < 1.29 is 13.0 Å². The van der Waals surface area contributed by atoms with Gasteiger partial charge in [0.2, 0.25) is 0 Å². The Morgan fingerprint density at radius 3 is 2.65 bits per heavy atom. The van der Waals surface area contributed by atoms with Crippen molar-refractivity contribution in [2.24, 2.45) is 0 Å². The molecule has 7 heteroatoms. The Morgan fingerprint density at radius 2 is 2.00 bits per heavy atom. The molecule has 1 aromatic rings. The molecule has 3 heterocycles. The molecule has 0 radical (unpaired) electrons. The van der Waals surface area contributed by atoms with Gasteiger partial charge in [0.05, 0.1) is 6.04 Å². The summed E-state index contributed by atoms with van der Waals surface area (Å²) in [6.07, 6.45) is 3.46. The highest BCUT2D eigenvalue weighted by Gasteiger charge is 2.48. The lowest BCUT2D eigenvalue weighted by Crippen LogP contribution is -2.48. The Kier molecular flexibility index (Phi) is 4.42. The molecule has 3 atom stereocenters. The van der Waals surface area contributed by atoms with Crippen LogP contribution in [0, 0.1) is 0 Å². The maximum Gasteiger partial charge on any atom is 0.196 e. The number of hydrogen-bond acceptors (Lipinski definition) is 5. The van der Waals surface area contributed by atoms with Gasteiger partial charge in [-0.1, -0.05) is 23.7 Å². The molecule has 2 aliphatic heterocycles. The molecule has 4 nitrogen and oxygen atoms in total. The van der Waals surface area contributed by atoms with Crippen LogP contribution >= 0.6 is 11.3 Å². The van der Waals surface area contributed by atoms with Crippen LogP contribution in [0.4, 0.5) is 0 Å². The van der Waals surface area contributed by atoms with Gasteiger partial charge < -0.3 is 4.55 Å². The topological polar surface area (TPSA) is 60.4 Å². The van der Waals surface area contributed by atoms with Gasteiger partial charge in [-0.25, -0.2) is 8.42 Å². The van der Waals surface area contributed by atoms with Gasteiger partial charge >= 0.3 is 0 Å². The number of rotatable bonds is 3. The Hall–Kier alpha value is -0.0800. The number of thiophene rings is 1. The van der Waals surface area contributed by atoms with Gasteiger partial charge in [0.15, 0.2) is 9.84 Å². The van der Waals surface area contributed by atoms with Gasteiger partial charge in [-0.05, 0) is 37.4 Å². The first kappa shape index (κ1) is 14.8. The van der Waals surface area contributed by atoms with E-state index in [-0.39, 0.29) is 6.04 Å². The van der Waals surface area contributed by atoms with Gasteiger partial charge in [0, 0.05) is 0 Å². The van der Waals surface area contributed by atoms with Crippen LogP contribution in [0.3, 0.4) is 0 Å². The molecule has 3 rings (SSSR count). The van der Waals surface area contributed by atoms with E-state index in [0.29, 0.717) is 15.7 Å². The zero-order chi connectivity index (χ0) is 14.2. The van der Waals surface area contributed by atoms with E-state index in [0.717, 1.165) is 25.9 Å². The standard InChI is InChI=1S/C13H19NO3S3/c15-19-9-11(14-6-2-1-3-7-14)12(10-19)20(16,17)13-5-4-8-18-13/h4-5,8,11-12H,1-3,6-7,9-10H2/t11-,12-,19?/m0/s1. The van der Waals surface area contributed by atoms with E-state index in [4.69, 9.17) is 0 Å². The van der Waals surface area contributed by atoms with E-state index in [1.54, 1.807) is 17.5 Å². The van der Waals surface area contributed by atoms with E-state index >= 15 is 0 Å². The van der Waals surface area contributed by atoms with Crippen LogP contribution in [0.1, 0.15) is 19.3 Å². The number of nitrogens with zero attached hydrogens (tertiary/aromatic N) is 1. The molecule has 0 N–H and O–H groups in total. The average molecular weight is 334 g/mol. The van der Waals surface area contributed by atoms with Gasteiger partial charge in [0.1, 0.15) is 21.0 Å². The van der Waals surface area contributed by atoms with Gasteiger partial charge in [-0.15, -0.1) is 11.3 Å². The summed E-state index contributed by atoms with van der Waals surface area (Å²) in [5, 5.41) is 1.29. The minimum Gasteiger partial charge on any atom is -0.616 e. The summed E-state index contributed by atoms with van der Waals surface area (Å²) in [6, 6.07) is 3.36. The van der Waals surface area contributed by atoms with Crippen LogP contribution in [0.2, 0.25) is 0 Å². The average Bonchev–Trinajstić information content (AvgIpc) is 3.09. The van der Waals surface area contributed by atoms with Crippen molar-refractivity contribution >= 4 is 32.3 Å². The van der Waals surface area contributed by atoms with E-state index < -0.39 is 26.3 Å². The second-order valence-electron chi connectivity index (χ2n) is 5.45. The Balaban J connectivity index is 1.86. The van der Waals surface area contributed by atoms with Crippen molar-refractivity contribution in [3.63, 3.8) is 0 Å². The number of piperidine rings is 1. The summed E-state index contributed by atoms with van der Waals surface area (Å²) in [4.78, 5) is 2.25. The molecule has 0 aliphatic carbocycles. The molecule has 0 aromatic carbocycles. The lowest BCUT2D eigenvalue weighted by atomic mass is 10.1. The minimum absolute atomic E-state index is 0.0665. The Labute approximate surface area is 127 Å². The zero-order valence-corrected chi connectivity index (χ0v) is 13.7. The van der Waals surface area contributed by atoms with Crippen LogP contribution in [-0.4, -0.2) is 53.8 Å². The highest BCUT2D eigenvalue weighted by Crippen LogP contribution is 2.32. The summed E-state index contributed by atoms with van der Waals surface area (Å²) in [5.74, 6) is 0.802. The van der Waals surface area contributed by atoms with Crippen molar-refractivity contribution in [2.75, 3.05) is 24.6 Å². The fourth-order valence-electron chi connectivity index (χ4n) is 3.12. The Bertz CT molecular complexity index is 537. The van der Waals surface area contributed by atoms with Crippen molar-refractivity contribution in [3.05, 3.63) is 17.5 Å². The third-order valence-electron chi connectivity index (χ3n) is 4.17. The van der Waals surface area contributed by atoms with Gasteiger partial charge in [0.25, 0.3) is 0 Å². The number of hydrogen-bond donors (Lipinski definition) is 0. The Morgan fingerprint density at radius 1 is 1.25 bits per heavy atom. The molecule has 2 saturated heterocycles. The smallest absolute Gasteiger partial charge is 0.196 e. The minimum atomic E-state index is -3.34.